The van der Waals surface area contributed by atoms with Crippen molar-refractivity contribution in [2.45, 2.75) is 26.5 Å². The minimum absolute atomic E-state index is 0.105. The molecule has 0 saturated heterocycles. The van der Waals surface area contributed by atoms with Gasteiger partial charge in [-0.2, -0.15) is 0 Å². The standard InChI is InChI=1S/C34H24Br2ClN3O7S/c1-3-45-33(42)29-18(2)38-34-39(30(29)27-12-11-26(47-27)22-16-21(40(43)44)9-10-25(22)37)32(41)28(48-34)15-20-13-23(35)31(24(36)14-20)46-17-19-7-5-4-6-8-19/h4-16,30H,3,17H2,1-2H3/b28-15-/t30-/m1/s1. The van der Waals surface area contributed by atoms with Crippen molar-refractivity contribution >= 4 is 72.5 Å². The van der Waals surface area contributed by atoms with Crippen LogP contribution >= 0.6 is 54.8 Å². The van der Waals surface area contributed by atoms with E-state index in [-0.39, 0.29) is 40.0 Å². The second-order valence-corrected chi connectivity index (χ2v) is 13.6. The molecule has 3 aromatic carbocycles. The van der Waals surface area contributed by atoms with Crippen molar-refractivity contribution in [1.82, 2.24) is 4.57 Å². The Morgan fingerprint density at radius 3 is 2.54 bits per heavy atom. The van der Waals surface area contributed by atoms with E-state index in [4.69, 9.17) is 25.5 Å². The third-order valence-corrected chi connectivity index (χ3v) is 9.87. The van der Waals surface area contributed by atoms with Gasteiger partial charge in [-0.05, 0) is 93.2 Å². The fraction of sp³-hybridized carbons (Fsp3) is 0.147. The zero-order valence-corrected chi connectivity index (χ0v) is 30.0. The average Bonchev–Trinajstić information content (AvgIpc) is 3.65. The van der Waals surface area contributed by atoms with E-state index in [1.165, 1.54) is 22.8 Å². The molecule has 0 saturated carbocycles. The van der Waals surface area contributed by atoms with Crippen LogP contribution < -0.4 is 19.6 Å². The number of hydrogen-bond acceptors (Lipinski definition) is 9. The highest BCUT2D eigenvalue weighted by Crippen LogP contribution is 2.38. The second-order valence-electron chi connectivity index (χ2n) is 10.5. The number of aromatic nitrogens is 1. The number of ether oxygens (including phenoxy) is 2. The highest BCUT2D eigenvalue weighted by atomic mass is 79.9. The minimum atomic E-state index is -1.03. The summed E-state index contributed by atoms with van der Waals surface area (Å²) in [6.45, 7) is 3.83. The summed E-state index contributed by atoms with van der Waals surface area (Å²) in [4.78, 5) is 43.2. The van der Waals surface area contributed by atoms with E-state index in [2.05, 4.69) is 36.9 Å². The summed E-state index contributed by atoms with van der Waals surface area (Å²) in [5.41, 5.74) is 1.94. The Balaban J connectivity index is 1.42. The van der Waals surface area contributed by atoms with E-state index >= 15 is 0 Å². The Labute approximate surface area is 299 Å². The van der Waals surface area contributed by atoms with Crippen molar-refractivity contribution in [3.63, 3.8) is 0 Å². The monoisotopic (exact) mass is 811 g/mol. The molecule has 244 valence electrons. The number of nitro benzene ring substituents is 1. The van der Waals surface area contributed by atoms with Gasteiger partial charge in [0.2, 0.25) is 0 Å². The summed E-state index contributed by atoms with van der Waals surface area (Å²) < 4.78 is 20.7. The highest BCUT2D eigenvalue weighted by molar-refractivity contribution is 9.11. The number of hydrogen-bond donors (Lipinski definition) is 0. The number of nitrogens with zero attached hydrogens (tertiary/aromatic N) is 3. The van der Waals surface area contributed by atoms with Gasteiger partial charge in [0.1, 0.15) is 29.9 Å². The molecule has 0 spiro atoms. The molecular formula is C34H24Br2ClN3O7S. The lowest BCUT2D eigenvalue weighted by Crippen LogP contribution is -2.39. The molecule has 1 aliphatic heterocycles. The maximum atomic E-state index is 14.1. The number of esters is 1. The third kappa shape index (κ3) is 6.68. The van der Waals surface area contributed by atoms with Gasteiger partial charge in [-0.15, -0.1) is 0 Å². The summed E-state index contributed by atoms with van der Waals surface area (Å²) in [5.74, 6) is 0.416. The van der Waals surface area contributed by atoms with E-state index in [0.717, 1.165) is 16.9 Å². The topological polar surface area (TPSA) is 126 Å². The van der Waals surface area contributed by atoms with Crippen molar-refractivity contribution in [3.8, 4) is 17.1 Å². The molecule has 0 amide bonds. The molecule has 1 atom stereocenters. The highest BCUT2D eigenvalue weighted by Gasteiger charge is 2.35. The number of allylic oxidation sites excluding steroid dienone is 1. The van der Waals surface area contributed by atoms with Crippen LogP contribution in [-0.2, 0) is 16.1 Å². The first-order valence-corrected chi connectivity index (χ1v) is 17.2. The van der Waals surface area contributed by atoms with E-state index in [1.54, 1.807) is 32.1 Å². The number of furan rings is 1. The second kappa shape index (κ2) is 14.0. The van der Waals surface area contributed by atoms with Crippen LogP contribution in [0, 0.1) is 10.1 Å². The van der Waals surface area contributed by atoms with Crippen molar-refractivity contribution in [2.24, 2.45) is 4.99 Å². The van der Waals surface area contributed by atoms with Crippen molar-refractivity contribution in [1.29, 1.82) is 0 Å². The van der Waals surface area contributed by atoms with Crippen LogP contribution in [-0.4, -0.2) is 22.1 Å². The van der Waals surface area contributed by atoms with E-state index in [0.29, 0.717) is 41.9 Å². The quantitative estimate of drug-likeness (QED) is 0.0848. The van der Waals surface area contributed by atoms with Gasteiger partial charge in [-0.1, -0.05) is 53.3 Å². The van der Waals surface area contributed by atoms with Gasteiger partial charge in [-0.25, -0.2) is 9.79 Å². The Hall–Kier alpha value is -4.30. The predicted octanol–water partition coefficient (Wildman–Crippen LogP) is 7.72. The summed E-state index contributed by atoms with van der Waals surface area (Å²) >= 11 is 14.7. The van der Waals surface area contributed by atoms with Gasteiger partial charge in [0.15, 0.2) is 4.80 Å². The average molecular weight is 814 g/mol. The zero-order valence-electron chi connectivity index (χ0n) is 25.2. The maximum Gasteiger partial charge on any atom is 0.338 e. The largest absolute Gasteiger partial charge is 0.487 e. The molecule has 1 aliphatic rings. The normalized spacial score (nSPS) is 14.4. The molecule has 10 nitrogen and oxygen atoms in total. The van der Waals surface area contributed by atoms with E-state index < -0.39 is 22.5 Å². The fourth-order valence-corrected chi connectivity index (χ4v) is 7.91. The molecule has 0 bridgehead atoms. The SMILES string of the molecule is CCOC(=O)C1=C(C)N=c2s/c(=C\c3cc(Br)c(OCc4ccccc4)c(Br)c3)c(=O)n2[C@@H]1c1ccc(-c2cc([N+](=O)[O-])ccc2Cl)o1. The first-order valence-electron chi connectivity index (χ1n) is 14.4. The minimum Gasteiger partial charge on any atom is -0.487 e. The first-order chi connectivity index (χ1) is 23.0. The van der Waals surface area contributed by atoms with Crippen molar-refractivity contribution in [3.05, 3.63) is 145 Å². The number of halogens is 3. The Bertz CT molecular complexity index is 2270. The number of non-ortho nitro benzene ring substituents is 1. The van der Waals surface area contributed by atoms with Crippen LogP contribution in [0.25, 0.3) is 17.4 Å². The van der Waals surface area contributed by atoms with Crippen LogP contribution in [0.4, 0.5) is 5.69 Å². The molecule has 0 aliphatic carbocycles. The van der Waals surface area contributed by atoms with Crippen molar-refractivity contribution < 1.29 is 23.6 Å². The van der Waals surface area contributed by atoms with Gasteiger partial charge in [0, 0.05) is 17.7 Å². The number of fused-ring (bicyclic) bond motifs is 1. The molecule has 3 heterocycles. The van der Waals surface area contributed by atoms with Gasteiger partial charge in [0.25, 0.3) is 11.2 Å². The smallest absolute Gasteiger partial charge is 0.338 e. The molecule has 6 rings (SSSR count). The summed E-state index contributed by atoms with van der Waals surface area (Å²) in [5, 5.41) is 11.7. The van der Waals surface area contributed by atoms with Gasteiger partial charge in [0.05, 0.1) is 41.3 Å². The number of thiazole rings is 1. The molecule has 48 heavy (non-hydrogen) atoms. The van der Waals surface area contributed by atoms with Gasteiger partial charge >= 0.3 is 5.97 Å². The number of nitro groups is 1. The molecular weight excluding hydrogens is 790 g/mol. The maximum absolute atomic E-state index is 14.1. The number of rotatable bonds is 9. The van der Waals surface area contributed by atoms with E-state index in [1.807, 2.05) is 42.5 Å². The van der Waals surface area contributed by atoms with Crippen LogP contribution in [0.15, 0.2) is 107 Å². The molecule has 2 aromatic heterocycles. The predicted molar refractivity (Wildman–Crippen MR) is 189 cm³/mol. The summed E-state index contributed by atoms with van der Waals surface area (Å²) in [6.07, 6.45) is 1.73. The van der Waals surface area contributed by atoms with E-state index in [9.17, 15) is 19.7 Å². The molecule has 0 unspecified atom stereocenters. The lowest BCUT2D eigenvalue weighted by Gasteiger charge is -2.22. The number of benzene rings is 3. The summed E-state index contributed by atoms with van der Waals surface area (Å²) in [6, 6.07) is 19.6. The van der Waals surface area contributed by atoms with Crippen LogP contribution in [0.5, 0.6) is 5.75 Å². The van der Waals surface area contributed by atoms with Crippen LogP contribution in [0.3, 0.4) is 0 Å². The van der Waals surface area contributed by atoms with Gasteiger partial charge in [-0.3, -0.25) is 19.5 Å². The molecule has 0 N–H and O–H groups in total. The Morgan fingerprint density at radius 2 is 1.85 bits per heavy atom. The third-order valence-electron chi connectivity index (χ3n) is 7.38. The van der Waals surface area contributed by atoms with Crippen molar-refractivity contribution in [2.75, 3.05) is 6.61 Å². The number of carbonyl (C=O) groups is 1. The Morgan fingerprint density at radius 1 is 1.12 bits per heavy atom. The zero-order chi connectivity index (χ0) is 34.1. The molecule has 0 radical (unpaired) electrons. The molecule has 14 heteroatoms. The lowest BCUT2D eigenvalue weighted by molar-refractivity contribution is -0.384. The Kier molecular flexibility index (Phi) is 9.83. The van der Waals surface area contributed by atoms with Crippen LogP contribution in [0.1, 0.15) is 36.8 Å². The first kappa shape index (κ1) is 33.6. The molecule has 5 aromatic rings. The lowest BCUT2D eigenvalue weighted by atomic mass is 10.0. The fourth-order valence-electron chi connectivity index (χ4n) is 5.20. The summed E-state index contributed by atoms with van der Waals surface area (Å²) in [7, 11) is 0. The number of carbonyl (C=O) groups excluding carboxylic acids is 1. The molecule has 0 fully saturated rings. The van der Waals surface area contributed by atoms with Crippen LogP contribution in [0.2, 0.25) is 5.02 Å². The van der Waals surface area contributed by atoms with Gasteiger partial charge < -0.3 is 13.9 Å².